The summed E-state index contributed by atoms with van der Waals surface area (Å²) in [4.78, 5) is 31.3. The van der Waals surface area contributed by atoms with Crippen LogP contribution >= 0.6 is 0 Å². The number of hydrogen-bond acceptors (Lipinski definition) is 8. The zero-order valence-corrected chi connectivity index (χ0v) is 22.0. The van der Waals surface area contributed by atoms with E-state index < -0.39 is 12.0 Å². The van der Waals surface area contributed by atoms with E-state index in [2.05, 4.69) is 10.2 Å². The maximum atomic E-state index is 13.8. The smallest absolute Gasteiger partial charge is 0.254 e. The number of hydrogen-bond donors (Lipinski definition) is 1. The molecule has 4 rings (SSSR count). The lowest BCUT2D eigenvalue weighted by atomic mass is 9.79. The Hall–Kier alpha value is -3.50. The van der Waals surface area contributed by atoms with Gasteiger partial charge in [0.25, 0.3) is 5.91 Å². The largest absolute Gasteiger partial charge is 0.493 e. The Labute approximate surface area is 217 Å². The van der Waals surface area contributed by atoms with E-state index in [4.69, 9.17) is 23.7 Å². The Morgan fingerprint density at radius 2 is 1.57 bits per heavy atom. The van der Waals surface area contributed by atoms with Gasteiger partial charge in [-0.2, -0.15) is 0 Å². The summed E-state index contributed by atoms with van der Waals surface area (Å²) in [5.41, 5.74) is 1.75. The van der Waals surface area contributed by atoms with Crippen LogP contribution in [0.5, 0.6) is 23.0 Å². The predicted octanol–water partition coefficient (Wildman–Crippen LogP) is 2.08. The summed E-state index contributed by atoms with van der Waals surface area (Å²) in [7, 11) is 7.87. The molecule has 2 aliphatic rings. The third-order valence-electron chi connectivity index (χ3n) is 7.04. The molecule has 1 fully saturated rings. The number of benzene rings is 2. The normalized spacial score (nSPS) is 19.7. The highest BCUT2D eigenvalue weighted by atomic mass is 16.5. The van der Waals surface area contributed by atoms with Crippen molar-refractivity contribution in [2.75, 3.05) is 74.9 Å². The molecule has 0 radical (unpaired) electrons. The van der Waals surface area contributed by atoms with Gasteiger partial charge in [0.05, 0.1) is 53.6 Å². The molecular formula is C27H35N3O7. The van der Waals surface area contributed by atoms with E-state index in [1.807, 2.05) is 12.1 Å². The van der Waals surface area contributed by atoms with Gasteiger partial charge in [-0.3, -0.25) is 14.5 Å². The first-order chi connectivity index (χ1) is 17.9. The highest BCUT2D eigenvalue weighted by Gasteiger charge is 2.43. The van der Waals surface area contributed by atoms with Crippen LogP contribution < -0.4 is 24.3 Å². The van der Waals surface area contributed by atoms with E-state index in [9.17, 15) is 9.59 Å². The number of ether oxygens (including phenoxy) is 5. The molecule has 2 heterocycles. The van der Waals surface area contributed by atoms with Crippen molar-refractivity contribution < 1.29 is 33.3 Å². The second-order valence-corrected chi connectivity index (χ2v) is 8.99. The van der Waals surface area contributed by atoms with Crippen molar-refractivity contribution in [3.8, 4) is 23.0 Å². The number of morpholine rings is 1. The van der Waals surface area contributed by atoms with E-state index in [1.54, 1.807) is 44.4 Å². The van der Waals surface area contributed by atoms with Crippen LogP contribution in [0.4, 0.5) is 0 Å². The van der Waals surface area contributed by atoms with Crippen molar-refractivity contribution in [1.82, 2.24) is 15.1 Å². The molecule has 1 N–H and O–H groups in total. The van der Waals surface area contributed by atoms with Crippen LogP contribution in [0.1, 0.15) is 33.4 Å². The number of likely N-dealkylation sites (N-methyl/N-ethyl adjacent to an activating group) is 1. The molecule has 0 unspecified atom stereocenters. The molecule has 200 valence electrons. The van der Waals surface area contributed by atoms with Crippen molar-refractivity contribution in [2.45, 2.75) is 12.0 Å². The molecule has 10 nitrogen and oxygen atoms in total. The van der Waals surface area contributed by atoms with E-state index in [0.29, 0.717) is 53.9 Å². The average Bonchev–Trinajstić information content (AvgIpc) is 2.94. The summed E-state index contributed by atoms with van der Waals surface area (Å²) in [5.74, 6) is 0.879. The zero-order valence-electron chi connectivity index (χ0n) is 22.0. The van der Waals surface area contributed by atoms with Crippen molar-refractivity contribution in [1.29, 1.82) is 0 Å². The average molecular weight is 514 g/mol. The molecule has 2 aromatic rings. The summed E-state index contributed by atoms with van der Waals surface area (Å²) in [6.45, 7) is 4.26. The summed E-state index contributed by atoms with van der Waals surface area (Å²) in [6.07, 6.45) is 0. The van der Waals surface area contributed by atoms with Gasteiger partial charge in [0.2, 0.25) is 5.91 Å². The van der Waals surface area contributed by atoms with E-state index >= 15 is 0 Å². The van der Waals surface area contributed by atoms with Crippen molar-refractivity contribution in [3.63, 3.8) is 0 Å². The number of nitrogens with zero attached hydrogens (tertiary/aromatic N) is 2. The number of nitrogens with one attached hydrogen (secondary N) is 1. The molecule has 0 bridgehead atoms. The molecule has 2 aromatic carbocycles. The Morgan fingerprint density at radius 1 is 0.946 bits per heavy atom. The van der Waals surface area contributed by atoms with Gasteiger partial charge in [0, 0.05) is 38.8 Å². The minimum Gasteiger partial charge on any atom is -0.493 e. The number of carbonyl (C=O) groups excluding carboxylic acids is 2. The van der Waals surface area contributed by atoms with Crippen LogP contribution in [0.25, 0.3) is 0 Å². The lowest BCUT2D eigenvalue weighted by molar-refractivity contribution is -0.124. The number of fused-ring (bicyclic) bond motifs is 1. The molecule has 37 heavy (non-hydrogen) atoms. The molecule has 2 aliphatic heterocycles. The quantitative estimate of drug-likeness (QED) is 0.544. The van der Waals surface area contributed by atoms with E-state index in [-0.39, 0.29) is 11.8 Å². The molecule has 2 atom stereocenters. The first-order valence-electron chi connectivity index (χ1n) is 12.3. The van der Waals surface area contributed by atoms with Crippen molar-refractivity contribution >= 4 is 11.8 Å². The van der Waals surface area contributed by atoms with Gasteiger partial charge in [-0.05, 0) is 35.4 Å². The van der Waals surface area contributed by atoms with Gasteiger partial charge in [-0.15, -0.1) is 0 Å². The minimum absolute atomic E-state index is 0.180. The fraction of sp³-hybridized carbons (Fsp3) is 0.481. The second kappa shape index (κ2) is 11.7. The lowest BCUT2D eigenvalue weighted by Gasteiger charge is -2.40. The van der Waals surface area contributed by atoms with Gasteiger partial charge in [0.1, 0.15) is 0 Å². The van der Waals surface area contributed by atoms with Gasteiger partial charge < -0.3 is 33.9 Å². The molecular weight excluding hydrogens is 478 g/mol. The summed E-state index contributed by atoms with van der Waals surface area (Å²) >= 11 is 0. The molecule has 0 aromatic heterocycles. The second-order valence-electron chi connectivity index (χ2n) is 8.99. The summed E-state index contributed by atoms with van der Waals surface area (Å²) < 4.78 is 27.3. The highest BCUT2D eigenvalue weighted by Crippen LogP contribution is 2.46. The van der Waals surface area contributed by atoms with Crippen LogP contribution in [-0.4, -0.2) is 96.5 Å². The fourth-order valence-corrected chi connectivity index (χ4v) is 5.06. The number of amides is 2. The molecule has 0 spiro atoms. The predicted molar refractivity (Wildman–Crippen MR) is 137 cm³/mol. The first-order valence-corrected chi connectivity index (χ1v) is 12.3. The molecule has 0 saturated carbocycles. The molecule has 1 saturated heterocycles. The first kappa shape index (κ1) is 26.6. The molecule has 10 heteroatoms. The van der Waals surface area contributed by atoms with Gasteiger partial charge >= 0.3 is 0 Å². The Kier molecular flexibility index (Phi) is 8.40. The molecule has 0 aliphatic carbocycles. The maximum Gasteiger partial charge on any atom is 0.254 e. The third-order valence-corrected chi connectivity index (χ3v) is 7.04. The number of carbonyl (C=O) groups is 2. The van der Waals surface area contributed by atoms with Crippen LogP contribution in [0.15, 0.2) is 30.3 Å². The zero-order chi connectivity index (χ0) is 26.5. The van der Waals surface area contributed by atoms with Crippen LogP contribution in [0.3, 0.4) is 0 Å². The standard InChI is InChI=1S/C27H35N3O7/c1-29-25(17-6-7-20(33-2)21(14-17)34-3)24(26(31)28-8-9-30-10-12-37-13-11-30)18-15-22(35-4)23(36-5)16-19(18)27(29)32/h6-7,14-16,24-25H,8-13H2,1-5H3,(H,28,31)/t24-,25-/m0/s1. The van der Waals surface area contributed by atoms with E-state index in [0.717, 1.165) is 25.2 Å². The van der Waals surface area contributed by atoms with Crippen LogP contribution in [0, 0.1) is 0 Å². The third kappa shape index (κ3) is 5.30. The van der Waals surface area contributed by atoms with Gasteiger partial charge in [-0.1, -0.05) is 6.07 Å². The Balaban J connectivity index is 1.74. The Morgan fingerprint density at radius 3 is 2.22 bits per heavy atom. The van der Waals surface area contributed by atoms with Crippen LogP contribution in [-0.2, 0) is 9.53 Å². The highest BCUT2D eigenvalue weighted by molar-refractivity contribution is 6.02. The summed E-state index contributed by atoms with van der Waals surface area (Å²) in [5, 5.41) is 3.11. The maximum absolute atomic E-state index is 13.8. The summed E-state index contributed by atoms with van der Waals surface area (Å²) in [6, 6.07) is 8.25. The molecule has 2 amide bonds. The number of rotatable bonds is 9. The lowest BCUT2D eigenvalue weighted by Crippen LogP contribution is -2.47. The Bertz CT molecular complexity index is 1130. The van der Waals surface area contributed by atoms with Crippen LogP contribution in [0.2, 0.25) is 0 Å². The van der Waals surface area contributed by atoms with E-state index in [1.165, 1.54) is 14.2 Å². The topological polar surface area (TPSA) is 98.8 Å². The van der Waals surface area contributed by atoms with Gasteiger partial charge in [0.15, 0.2) is 23.0 Å². The SMILES string of the molecule is COc1ccc([C@H]2[C@@H](C(=O)NCCN3CCOCC3)c3cc(OC)c(OC)cc3C(=O)N2C)cc1OC. The van der Waals surface area contributed by atoms with Crippen molar-refractivity contribution in [2.24, 2.45) is 0 Å². The van der Waals surface area contributed by atoms with Gasteiger partial charge in [-0.25, -0.2) is 0 Å². The number of methoxy groups -OCH3 is 4. The monoisotopic (exact) mass is 513 g/mol. The van der Waals surface area contributed by atoms with Crippen molar-refractivity contribution in [3.05, 3.63) is 47.0 Å². The fourth-order valence-electron chi connectivity index (χ4n) is 5.06. The minimum atomic E-state index is -0.694.